The summed E-state index contributed by atoms with van der Waals surface area (Å²) < 4.78 is 16.9. The molecule has 0 fully saturated rings. The fourth-order valence-electron chi connectivity index (χ4n) is 8.88. The molecule has 0 spiro atoms. The Morgan fingerprint density at radius 1 is 0.292 bits per heavy atom. The molecule has 0 N–H and O–H groups in total. The maximum absolute atomic E-state index is 12.9. The van der Waals surface area contributed by atoms with Gasteiger partial charge in [-0.2, -0.15) is 0 Å². The summed E-state index contributed by atoms with van der Waals surface area (Å²) in [5.74, 6) is -0.965. The largest absolute Gasteiger partial charge is 0.462 e. The van der Waals surface area contributed by atoms with E-state index in [0.29, 0.717) is 19.3 Å². The Balaban J connectivity index is 4.45. The van der Waals surface area contributed by atoms with Crippen LogP contribution in [0.1, 0.15) is 310 Å². The van der Waals surface area contributed by atoms with E-state index >= 15 is 0 Å². The smallest absolute Gasteiger partial charge is 0.306 e. The highest BCUT2D eigenvalue weighted by Gasteiger charge is 2.19. The summed E-state index contributed by atoms with van der Waals surface area (Å²) in [7, 11) is 0. The van der Waals surface area contributed by atoms with Gasteiger partial charge in [-0.15, -0.1) is 0 Å². The molecule has 6 nitrogen and oxygen atoms in total. The summed E-state index contributed by atoms with van der Waals surface area (Å²) in [4.78, 5) is 38.2. The Bertz CT molecular complexity index is 1340. The Hall–Kier alpha value is -3.15. The molecule has 72 heavy (non-hydrogen) atoms. The molecule has 416 valence electrons. The van der Waals surface area contributed by atoms with Gasteiger partial charge in [-0.1, -0.05) is 306 Å². The van der Waals surface area contributed by atoms with Crippen LogP contribution in [0, 0.1) is 0 Å². The number of allylic oxidation sites excluding steroid dienone is 12. The molecular formula is C66H116O6. The third-order valence-electron chi connectivity index (χ3n) is 13.5. The van der Waals surface area contributed by atoms with Crippen LogP contribution in [0.25, 0.3) is 0 Å². The molecule has 0 aliphatic heterocycles. The van der Waals surface area contributed by atoms with Gasteiger partial charge in [-0.05, 0) is 57.8 Å². The normalized spacial score (nSPS) is 12.5. The molecule has 6 heteroatoms. The molecule has 0 radical (unpaired) electrons. The summed E-state index contributed by atoms with van der Waals surface area (Å²) >= 11 is 0. The monoisotopic (exact) mass is 1000 g/mol. The average molecular weight is 1010 g/mol. The number of ether oxygens (including phenoxy) is 3. The molecule has 0 bridgehead atoms. The molecule has 0 aliphatic carbocycles. The molecule has 0 aromatic carbocycles. The second-order valence-electron chi connectivity index (χ2n) is 20.6. The van der Waals surface area contributed by atoms with Crippen LogP contribution in [0.5, 0.6) is 0 Å². The molecule has 0 heterocycles. The zero-order valence-electron chi connectivity index (χ0n) is 47.7. The van der Waals surface area contributed by atoms with Crippen LogP contribution in [0.15, 0.2) is 72.9 Å². The summed E-state index contributed by atoms with van der Waals surface area (Å²) in [5, 5.41) is 0. The van der Waals surface area contributed by atoms with Crippen molar-refractivity contribution in [2.24, 2.45) is 0 Å². The van der Waals surface area contributed by atoms with Gasteiger partial charge in [-0.3, -0.25) is 14.4 Å². The van der Waals surface area contributed by atoms with Crippen molar-refractivity contribution in [2.75, 3.05) is 13.2 Å². The van der Waals surface area contributed by atoms with E-state index in [4.69, 9.17) is 14.2 Å². The van der Waals surface area contributed by atoms with Crippen molar-refractivity contribution in [1.29, 1.82) is 0 Å². The van der Waals surface area contributed by atoms with Gasteiger partial charge in [0.2, 0.25) is 0 Å². The van der Waals surface area contributed by atoms with Gasteiger partial charge in [0.1, 0.15) is 13.2 Å². The fraction of sp³-hybridized carbons (Fsp3) is 0.773. The second kappa shape index (κ2) is 60.4. The zero-order chi connectivity index (χ0) is 52.2. The Labute approximate surface area is 446 Å². The number of esters is 3. The van der Waals surface area contributed by atoms with Gasteiger partial charge < -0.3 is 14.2 Å². The summed E-state index contributed by atoms with van der Waals surface area (Å²) in [6.45, 7) is 6.51. The first kappa shape index (κ1) is 68.8. The molecule has 0 rings (SSSR count). The highest BCUT2D eigenvalue weighted by molar-refractivity contribution is 5.71. The molecule has 0 saturated carbocycles. The van der Waals surface area contributed by atoms with Gasteiger partial charge in [0.25, 0.3) is 0 Å². The second-order valence-corrected chi connectivity index (χ2v) is 20.6. The highest BCUT2D eigenvalue weighted by Crippen LogP contribution is 2.17. The third-order valence-corrected chi connectivity index (χ3v) is 13.5. The topological polar surface area (TPSA) is 78.9 Å². The van der Waals surface area contributed by atoms with Crippen LogP contribution in [-0.2, 0) is 28.6 Å². The number of carbonyl (C=O) groups is 3. The van der Waals surface area contributed by atoms with Gasteiger partial charge in [0, 0.05) is 19.3 Å². The van der Waals surface area contributed by atoms with Crippen LogP contribution >= 0.6 is 0 Å². The van der Waals surface area contributed by atoms with Crippen molar-refractivity contribution in [3.63, 3.8) is 0 Å². The van der Waals surface area contributed by atoms with Crippen molar-refractivity contribution in [2.45, 2.75) is 316 Å². The molecule has 1 atom stereocenters. The summed E-state index contributed by atoms with van der Waals surface area (Å²) in [5.41, 5.74) is 0. The van der Waals surface area contributed by atoms with E-state index in [2.05, 4.69) is 87.6 Å². The van der Waals surface area contributed by atoms with Crippen LogP contribution < -0.4 is 0 Å². The van der Waals surface area contributed by atoms with Crippen molar-refractivity contribution in [1.82, 2.24) is 0 Å². The minimum absolute atomic E-state index is 0.0942. The molecule has 0 aromatic heterocycles. The number of rotatable bonds is 56. The molecule has 0 aromatic rings. The van der Waals surface area contributed by atoms with E-state index in [1.807, 2.05) is 6.08 Å². The van der Waals surface area contributed by atoms with Gasteiger partial charge in [0.05, 0.1) is 0 Å². The van der Waals surface area contributed by atoms with Crippen molar-refractivity contribution < 1.29 is 28.6 Å². The quantitative estimate of drug-likeness (QED) is 0.0261. The van der Waals surface area contributed by atoms with Crippen molar-refractivity contribution in [3.05, 3.63) is 72.9 Å². The molecule has 0 unspecified atom stereocenters. The Morgan fingerprint density at radius 2 is 0.542 bits per heavy atom. The van der Waals surface area contributed by atoms with Crippen LogP contribution in [0.3, 0.4) is 0 Å². The number of hydrogen-bond donors (Lipinski definition) is 0. The van der Waals surface area contributed by atoms with E-state index in [-0.39, 0.29) is 37.5 Å². The fourth-order valence-corrected chi connectivity index (χ4v) is 8.88. The van der Waals surface area contributed by atoms with E-state index in [1.165, 1.54) is 186 Å². The lowest BCUT2D eigenvalue weighted by atomic mass is 10.0. The molecular weight excluding hydrogens is 889 g/mol. The van der Waals surface area contributed by atoms with Gasteiger partial charge in [-0.25, -0.2) is 0 Å². The van der Waals surface area contributed by atoms with Gasteiger partial charge in [0.15, 0.2) is 6.10 Å². The van der Waals surface area contributed by atoms with Crippen LogP contribution in [0.4, 0.5) is 0 Å². The van der Waals surface area contributed by atoms with E-state index in [9.17, 15) is 14.4 Å². The number of unbranched alkanes of at least 4 members (excludes halogenated alkanes) is 33. The highest BCUT2D eigenvalue weighted by atomic mass is 16.6. The summed E-state index contributed by atoms with van der Waals surface area (Å²) in [6, 6.07) is 0. The lowest BCUT2D eigenvalue weighted by Gasteiger charge is -2.18. The zero-order valence-corrected chi connectivity index (χ0v) is 47.7. The van der Waals surface area contributed by atoms with E-state index < -0.39 is 6.10 Å². The first-order valence-corrected chi connectivity index (χ1v) is 30.9. The summed E-state index contributed by atoms with van der Waals surface area (Å²) in [6.07, 6.45) is 77.7. The first-order chi connectivity index (χ1) is 35.5. The predicted molar refractivity (Wildman–Crippen MR) is 311 cm³/mol. The average Bonchev–Trinajstić information content (AvgIpc) is 3.38. The van der Waals surface area contributed by atoms with Gasteiger partial charge >= 0.3 is 17.9 Å². The molecule has 0 aliphatic rings. The Kier molecular flexibility index (Phi) is 57.8. The number of carbonyl (C=O) groups excluding carboxylic acids is 3. The van der Waals surface area contributed by atoms with Crippen LogP contribution in [0.2, 0.25) is 0 Å². The van der Waals surface area contributed by atoms with E-state index in [0.717, 1.165) is 77.0 Å². The molecule has 0 saturated heterocycles. The lowest BCUT2D eigenvalue weighted by molar-refractivity contribution is -0.166. The third kappa shape index (κ3) is 57.7. The minimum Gasteiger partial charge on any atom is -0.462 e. The standard InChI is InChI=1S/C66H116O6/c1-4-7-10-13-16-19-22-25-28-31-33-36-38-41-44-47-50-53-56-59-65(68)71-62-63(61-70-64(67)58-55-52-49-46-43-40-37-34-30-27-24-21-18-15-12-9-6-3)72-66(69)60-57-54-51-48-45-42-39-35-32-29-26-23-20-17-14-11-8-5-2/h7,10,16,19,25,28,33,36,41,44,50,53,63H,4-6,8-9,11-15,17-18,20-24,26-27,29-32,34-35,37-40,42-43,45-49,51-52,54-62H2,1-3H3/b10-7-,19-16-,28-25-,36-33-,44-41-,53-50-/t63-/m1/s1. The van der Waals surface area contributed by atoms with Crippen molar-refractivity contribution in [3.8, 4) is 0 Å². The van der Waals surface area contributed by atoms with E-state index in [1.54, 1.807) is 0 Å². The minimum atomic E-state index is -0.803. The van der Waals surface area contributed by atoms with Crippen LogP contribution in [-0.4, -0.2) is 37.2 Å². The van der Waals surface area contributed by atoms with Crippen molar-refractivity contribution >= 4 is 17.9 Å². The molecule has 0 amide bonds. The maximum Gasteiger partial charge on any atom is 0.306 e. The maximum atomic E-state index is 12.9. The SMILES string of the molecule is CC/C=C\C/C=C\C/C=C\C/C=C\C/C=C\C/C=C\CCC(=O)OC[C@@H](COC(=O)CCCCCCCCCCCCCCCCCCC)OC(=O)CCCCCCCCCCCCCCCCCCCC. The number of hydrogen-bond acceptors (Lipinski definition) is 6. The lowest BCUT2D eigenvalue weighted by Crippen LogP contribution is -2.30. The first-order valence-electron chi connectivity index (χ1n) is 30.9. The predicted octanol–water partition coefficient (Wildman–Crippen LogP) is 20.9. The Morgan fingerprint density at radius 3 is 0.847 bits per heavy atom.